The number of carbonyl (C=O) groups is 1. The summed E-state index contributed by atoms with van der Waals surface area (Å²) >= 11 is 0. The summed E-state index contributed by atoms with van der Waals surface area (Å²) in [6.45, 7) is 0. The van der Waals surface area contributed by atoms with Crippen molar-refractivity contribution < 1.29 is 19.7 Å². The number of aromatic amines is 1. The van der Waals surface area contributed by atoms with Crippen LogP contribution in [0.1, 0.15) is 11.7 Å². The second kappa shape index (κ2) is 3.86. The lowest BCUT2D eigenvalue weighted by Crippen LogP contribution is -2.10. The first-order chi connectivity index (χ1) is 7.65. The summed E-state index contributed by atoms with van der Waals surface area (Å²) in [4.78, 5) is 13.7. The van der Waals surface area contributed by atoms with E-state index in [-0.39, 0.29) is 0 Å². The number of methoxy groups -OCH3 is 1. The maximum atomic E-state index is 10.7. The van der Waals surface area contributed by atoms with Gasteiger partial charge in [-0.15, -0.1) is 0 Å². The summed E-state index contributed by atoms with van der Waals surface area (Å²) in [5.74, 6) is -0.658. The number of benzene rings is 1. The quantitative estimate of drug-likeness (QED) is 0.729. The van der Waals surface area contributed by atoms with E-state index >= 15 is 0 Å². The van der Waals surface area contributed by atoms with Crippen molar-refractivity contribution in [2.75, 3.05) is 7.11 Å². The van der Waals surface area contributed by atoms with E-state index in [1.807, 2.05) is 0 Å². The lowest BCUT2D eigenvalue weighted by Gasteiger charge is -2.09. The van der Waals surface area contributed by atoms with Crippen LogP contribution in [0.3, 0.4) is 0 Å². The molecule has 0 radical (unpaired) electrons. The Kier molecular flexibility index (Phi) is 2.54. The lowest BCUT2D eigenvalue weighted by molar-refractivity contribution is -0.146. The predicted octanol–water partition coefficient (Wildman–Crippen LogP) is 1.29. The number of fused-ring (bicyclic) bond motifs is 1. The van der Waals surface area contributed by atoms with Crippen molar-refractivity contribution >= 4 is 16.9 Å². The fraction of sp³-hybridized carbons (Fsp3) is 0.182. The maximum Gasteiger partial charge on any atom is 0.337 e. The molecule has 0 saturated carbocycles. The van der Waals surface area contributed by atoms with Gasteiger partial charge in [-0.25, -0.2) is 4.79 Å². The van der Waals surface area contributed by atoms with E-state index in [1.54, 1.807) is 24.4 Å². The fourth-order valence-electron chi connectivity index (χ4n) is 1.69. The van der Waals surface area contributed by atoms with Crippen LogP contribution in [-0.4, -0.2) is 28.3 Å². The molecule has 1 unspecified atom stereocenters. The van der Waals surface area contributed by atoms with E-state index in [9.17, 15) is 9.90 Å². The third-order valence-electron chi connectivity index (χ3n) is 2.47. The summed E-state index contributed by atoms with van der Waals surface area (Å²) in [5.41, 5.74) is 1.03. The fourth-order valence-corrected chi connectivity index (χ4v) is 1.69. The van der Waals surface area contributed by atoms with Gasteiger partial charge >= 0.3 is 5.97 Å². The number of carboxylic acid groups (broad SMARTS) is 1. The average Bonchev–Trinajstić information content (AvgIpc) is 2.75. The molecule has 1 aromatic carbocycles. The third-order valence-corrected chi connectivity index (χ3v) is 2.47. The molecular weight excluding hydrogens is 210 g/mol. The van der Waals surface area contributed by atoms with Crippen molar-refractivity contribution in [2.24, 2.45) is 0 Å². The Morgan fingerprint density at radius 3 is 2.81 bits per heavy atom. The van der Waals surface area contributed by atoms with Crippen LogP contribution in [0.25, 0.3) is 10.9 Å². The van der Waals surface area contributed by atoms with E-state index in [0.29, 0.717) is 22.2 Å². The normalized spacial score (nSPS) is 12.6. The molecule has 0 aliphatic carbocycles. The Hall–Kier alpha value is -2.01. The molecule has 1 atom stereocenters. The molecule has 5 nitrogen and oxygen atoms in total. The molecule has 3 N–H and O–H groups in total. The average molecular weight is 221 g/mol. The number of hydrogen-bond acceptors (Lipinski definition) is 3. The van der Waals surface area contributed by atoms with Gasteiger partial charge in [0.25, 0.3) is 0 Å². The van der Waals surface area contributed by atoms with E-state index in [0.717, 1.165) is 0 Å². The monoisotopic (exact) mass is 221 g/mol. The highest BCUT2D eigenvalue weighted by Gasteiger charge is 2.20. The number of hydrogen-bond donors (Lipinski definition) is 3. The zero-order valence-corrected chi connectivity index (χ0v) is 8.60. The predicted molar refractivity (Wildman–Crippen MR) is 57.4 cm³/mol. The lowest BCUT2D eigenvalue weighted by atomic mass is 10.0. The Bertz CT molecular complexity index is 532. The number of aliphatic hydroxyl groups is 1. The summed E-state index contributed by atoms with van der Waals surface area (Å²) < 4.78 is 5.12. The van der Waals surface area contributed by atoms with Gasteiger partial charge in [0.15, 0.2) is 6.10 Å². The van der Waals surface area contributed by atoms with E-state index in [1.165, 1.54) is 7.11 Å². The molecule has 0 saturated heterocycles. The van der Waals surface area contributed by atoms with Crippen LogP contribution >= 0.6 is 0 Å². The number of ether oxygens (including phenoxy) is 1. The maximum absolute atomic E-state index is 10.7. The molecule has 0 bridgehead atoms. The van der Waals surface area contributed by atoms with Gasteiger partial charge in [0, 0.05) is 17.1 Å². The van der Waals surface area contributed by atoms with Crippen molar-refractivity contribution in [3.05, 3.63) is 30.0 Å². The zero-order chi connectivity index (χ0) is 11.7. The minimum atomic E-state index is -1.52. The number of nitrogens with one attached hydrogen (secondary N) is 1. The number of aliphatic hydroxyl groups excluding tert-OH is 1. The first-order valence-corrected chi connectivity index (χ1v) is 4.70. The summed E-state index contributed by atoms with van der Waals surface area (Å²) in [5, 5.41) is 18.9. The molecule has 2 rings (SSSR count). The molecule has 1 heterocycles. The Morgan fingerprint density at radius 2 is 2.19 bits per heavy atom. The van der Waals surface area contributed by atoms with Crippen LogP contribution in [-0.2, 0) is 4.79 Å². The largest absolute Gasteiger partial charge is 0.495 e. The topological polar surface area (TPSA) is 82.6 Å². The second-order valence-corrected chi connectivity index (χ2v) is 3.36. The Balaban J connectivity index is 2.64. The number of aromatic nitrogens is 1. The molecule has 16 heavy (non-hydrogen) atoms. The molecule has 0 aliphatic rings. The first-order valence-electron chi connectivity index (χ1n) is 4.70. The highest BCUT2D eigenvalue weighted by Crippen LogP contribution is 2.30. The van der Waals surface area contributed by atoms with E-state index in [2.05, 4.69) is 4.98 Å². The summed E-state index contributed by atoms with van der Waals surface area (Å²) in [6, 6.07) is 4.88. The van der Waals surface area contributed by atoms with Gasteiger partial charge in [0.05, 0.1) is 12.6 Å². The SMILES string of the molecule is COc1ccc(C(O)C(=O)O)c2cc[nH]c12. The molecule has 0 spiro atoms. The van der Waals surface area contributed by atoms with Crippen molar-refractivity contribution in [3.63, 3.8) is 0 Å². The Labute approximate surface area is 91.3 Å². The highest BCUT2D eigenvalue weighted by molar-refractivity contribution is 5.91. The number of H-pyrrole nitrogens is 1. The zero-order valence-electron chi connectivity index (χ0n) is 8.60. The van der Waals surface area contributed by atoms with Crippen molar-refractivity contribution in [2.45, 2.75) is 6.10 Å². The molecule has 0 amide bonds. The molecule has 2 aromatic rings. The molecule has 0 aliphatic heterocycles. The van der Waals surface area contributed by atoms with Gasteiger partial charge in [0.1, 0.15) is 5.75 Å². The van der Waals surface area contributed by atoms with Gasteiger partial charge < -0.3 is 19.9 Å². The molecule has 0 fully saturated rings. The van der Waals surface area contributed by atoms with Crippen molar-refractivity contribution in [3.8, 4) is 5.75 Å². The van der Waals surface area contributed by atoms with Gasteiger partial charge in [-0.1, -0.05) is 6.07 Å². The number of aliphatic carboxylic acids is 1. The summed E-state index contributed by atoms with van der Waals surface area (Å²) in [6.07, 6.45) is 0.148. The third kappa shape index (κ3) is 1.51. The van der Waals surface area contributed by atoms with Gasteiger partial charge in [0.2, 0.25) is 0 Å². The number of rotatable bonds is 3. The van der Waals surface area contributed by atoms with Crippen LogP contribution in [0.5, 0.6) is 5.75 Å². The van der Waals surface area contributed by atoms with Gasteiger partial charge in [-0.2, -0.15) is 0 Å². The highest BCUT2D eigenvalue weighted by atomic mass is 16.5. The van der Waals surface area contributed by atoms with E-state index in [4.69, 9.17) is 9.84 Å². The smallest absolute Gasteiger partial charge is 0.337 e. The van der Waals surface area contributed by atoms with Crippen LogP contribution in [0.15, 0.2) is 24.4 Å². The van der Waals surface area contributed by atoms with E-state index < -0.39 is 12.1 Å². The van der Waals surface area contributed by atoms with Crippen molar-refractivity contribution in [1.29, 1.82) is 0 Å². The minimum Gasteiger partial charge on any atom is -0.495 e. The van der Waals surface area contributed by atoms with Crippen LogP contribution < -0.4 is 4.74 Å². The number of carboxylic acids is 1. The van der Waals surface area contributed by atoms with Crippen LogP contribution in [0, 0.1) is 0 Å². The van der Waals surface area contributed by atoms with Crippen LogP contribution in [0.2, 0.25) is 0 Å². The molecule has 1 aromatic heterocycles. The summed E-state index contributed by atoms with van der Waals surface area (Å²) in [7, 11) is 1.53. The van der Waals surface area contributed by atoms with Crippen molar-refractivity contribution in [1.82, 2.24) is 4.98 Å². The first kappa shape index (κ1) is 10.5. The van der Waals surface area contributed by atoms with Crippen LogP contribution in [0.4, 0.5) is 0 Å². The standard InChI is InChI=1S/C11H11NO4/c1-16-8-3-2-7(10(13)11(14)15)6-4-5-12-9(6)8/h2-5,10,12-13H,1H3,(H,14,15). The second-order valence-electron chi connectivity index (χ2n) is 3.36. The molecule has 5 heteroatoms. The van der Waals surface area contributed by atoms with Gasteiger partial charge in [-0.05, 0) is 12.1 Å². The molecule has 84 valence electrons. The Morgan fingerprint density at radius 1 is 1.44 bits per heavy atom. The molecular formula is C11H11NO4. The van der Waals surface area contributed by atoms with Gasteiger partial charge in [-0.3, -0.25) is 0 Å². The minimum absolute atomic E-state index is 0.351.